The van der Waals surface area contributed by atoms with E-state index in [1.807, 2.05) is 0 Å². The van der Waals surface area contributed by atoms with Crippen molar-refractivity contribution in [3.8, 4) is 0 Å². The summed E-state index contributed by atoms with van der Waals surface area (Å²) in [6.45, 7) is 4.10. The van der Waals surface area contributed by atoms with Crippen LogP contribution in [0.2, 0.25) is 5.02 Å². The number of hydrogen-bond acceptors (Lipinski definition) is 2. The van der Waals surface area contributed by atoms with Crippen molar-refractivity contribution in [2.75, 3.05) is 6.54 Å². The molecule has 0 aliphatic carbocycles. The van der Waals surface area contributed by atoms with E-state index in [2.05, 4.69) is 5.32 Å². The Kier molecular flexibility index (Phi) is 5.11. The van der Waals surface area contributed by atoms with E-state index in [1.165, 1.54) is 6.07 Å². The minimum atomic E-state index is -0.840. The summed E-state index contributed by atoms with van der Waals surface area (Å²) in [5, 5.41) is 12.3. The lowest BCUT2D eigenvalue weighted by molar-refractivity contribution is -0.147. The van der Waals surface area contributed by atoms with E-state index in [1.54, 1.807) is 26.0 Å². The minimum absolute atomic E-state index is 0.293. The molecule has 1 aromatic rings. The second-order valence-corrected chi connectivity index (χ2v) is 5.22. The maximum atomic E-state index is 13.4. The molecule has 18 heavy (non-hydrogen) atoms. The molecule has 0 radical (unpaired) electrons. The molecule has 5 heteroatoms. The topological polar surface area (TPSA) is 49.3 Å². The first kappa shape index (κ1) is 14.9. The molecule has 0 aromatic heterocycles. The Bertz CT molecular complexity index is 415. The molecule has 0 aliphatic heterocycles. The number of rotatable bonds is 6. The van der Waals surface area contributed by atoms with Gasteiger partial charge in [-0.2, -0.15) is 0 Å². The van der Waals surface area contributed by atoms with Gasteiger partial charge in [0.05, 0.1) is 5.41 Å². The molecule has 0 aliphatic rings. The van der Waals surface area contributed by atoms with Crippen LogP contribution in [0.15, 0.2) is 18.2 Å². The van der Waals surface area contributed by atoms with Crippen molar-refractivity contribution in [2.24, 2.45) is 5.41 Å². The quantitative estimate of drug-likeness (QED) is 0.783. The zero-order valence-electron chi connectivity index (χ0n) is 10.5. The number of carboxylic acid groups (broad SMARTS) is 1. The van der Waals surface area contributed by atoms with Crippen molar-refractivity contribution in [1.29, 1.82) is 0 Å². The predicted octanol–water partition coefficient (Wildman–Crippen LogP) is 3.07. The summed E-state index contributed by atoms with van der Waals surface area (Å²) in [6.07, 6.45) is 0.467. The van der Waals surface area contributed by atoms with Crippen LogP contribution < -0.4 is 5.32 Å². The number of halogens is 2. The lowest BCUT2D eigenvalue weighted by Crippen LogP contribution is -2.29. The third-order valence-corrected chi connectivity index (χ3v) is 3.22. The van der Waals surface area contributed by atoms with E-state index in [0.717, 1.165) is 0 Å². The molecule has 0 atom stereocenters. The summed E-state index contributed by atoms with van der Waals surface area (Å²) in [6, 6.07) is 4.53. The van der Waals surface area contributed by atoms with Crippen molar-refractivity contribution in [3.63, 3.8) is 0 Å². The van der Waals surface area contributed by atoms with E-state index in [4.69, 9.17) is 16.7 Å². The van der Waals surface area contributed by atoms with Crippen LogP contribution in [0, 0.1) is 11.2 Å². The molecular weight excluding hydrogens is 257 g/mol. The molecule has 1 rings (SSSR count). The lowest BCUT2D eigenvalue weighted by atomic mass is 9.90. The number of carboxylic acids is 1. The minimum Gasteiger partial charge on any atom is -0.481 e. The smallest absolute Gasteiger partial charge is 0.309 e. The van der Waals surface area contributed by atoms with Crippen molar-refractivity contribution < 1.29 is 14.3 Å². The average molecular weight is 274 g/mol. The second-order valence-electron chi connectivity index (χ2n) is 4.82. The maximum Gasteiger partial charge on any atom is 0.309 e. The largest absolute Gasteiger partial charge is 0.481 e. The first-order chi connectivity index (χ1) is 8.34. The first-order valence-electron chi connectivity index (χ1n) is 5.71. The molecule has 100 valence electrons. The first-order valence-corrected chi connectivity index (χ1v) is 6.09. The molecule has 1 aromatic carbocycles. The van der Waals surface area contributed by atoms with E-state index < -0.39 is 11.4 Å². The van der Waals surface area contributed by atoms with Crippen LogP contribution in [-0.2, 0) is 11.3 Å². The number of nitrogens with one attached hydrogen (secondary N) is 1. The van der Waals surface area contributed by atoms with Gasteiger partial charge in [0, 0.05) is 17.1 Å². The summed E-state index contributed by atoms with van der Waals surface area (Å²) in [5.74, 6) is -1.19. The Labute approximate surface area is 111 Å². The maximum absolute atomic E-state index is 13.4. The fourth-order valence-corrected chi connectivity index (χ4v) is 1.65. The van der Waals surface area contributed by atoms with Crippen LogP contribution in [0.1, 0.15) is 25.8 Å². The summed E-state index contributed by atoms with van der Waals surface area (Å²) in [4.78, 5) is 10.9. The van der Waals surface area contributed by atoms with Gasteiger partial charge in [0.1, 0.15) is 5.82 Å². The predicted molar refractivity (Wildman–Crippen MR) is 69.2 cm³/mol. The van der Waals surface area contributed by atoms with E-state index in [-0.39, 0.29) is 5.82 Å². The molecule has 0 amide bonds. The van der Waals surface area contributed by atoms with Gasteiger partial charge in [0.2, 0.25) is 0 Å². The van der Waals surface area contributed by atoms with Crippen molar-refractivity contribution in [2.45, 2.75) is 26.8 Å². The fraction of sp³-hybridized carbons (Fsp3) is 0.462. The highest BCUT2D eigenvalue weighted by Gasteiger charge is 2.26. The molecule has 0 spiro atoms. The van der Waals surface area contributed by atoms with E-state index >= 15 is 0 Å². The van der Waals surface area contributed by atoms with Gasteiger partial charge in [-0.15, -0.1) is 0 Å². The normalized spacial score (nSPS) is 11.6. The van der Waals surface area contributed by atoms with Crippen molar-refractivity contribution in [1.82, 2.24) is 5.32 Å². The Morgan fingerprint density at radius 2 is 2.17 bits per heavy atom. The number of benzene rings is 1. The molecular formula is C13H17ClFNO2. The standard InChI is InChI=1S/C13H17ClFNO2/c1-13(2,12(17)18)6-7-16-8-9-10(14)4-3-5-11(9)15/h3-5,16H,6-8H2,1-2H3,(H,17,18). The van der Waals surface area contributed by atoms with E-state index in [9.17, 15) is 9.18 Å². The second kappa shape index (κ2) is 6.16. The molecule has 0 saturated carbocycles. The van der Waals surface area contributed by atoms with Gasteiger partial charge in [0.15, 0.2) is 0 Å². The third-order valence-electron chi connectivity index (χ3n) is 2.87. The van der Waals surface area contributed by atoms with Gasteiger partial charge in [-0.05, 0) is 38.9 Å². The number of carbonyl (C=O) groups is 1. The lowest BCUT2D eigenvalue weighted by Gasteiger charge is -2.19. The van der Waals surface area contributed by atoms with Gasteiger partial charge in [-0.1, -0.05) is 17.7 Å². The highest BCUT2D eigenvalue weighted by atomic mass is 35.5. The molecule has 3 nitrogen and oxygen atoms in total. The van der Waals surface area contributed by atoms with Crippen LogP contribution >= 0.6 is 11.6 Å². The molecule has 0 unspecified atom stereocenters. The van der Waals surface area contributed by atoms with Crippen molar-refractivity contribution in [3.05, 3.63) is 34.6 Å². The van der Waals surface area contributed by atoms with Crippen LogP contribution in [0.4, 0.5) is 4.39 Å². The third kappa shape index (κ3) is 3.96. The van der Waals surface area contributed by atoms with Crippen molar-refractivity contribution >= 4 is 17.6 Å². The Hall–Kier alpha value is -1.13. The van der Waals surface area contributed by atoms with Crippen LogP contribution in [0.5, 0.6) is 0 Å². The van der Waals surface area contributed by atoms with Crippen LogP contribution in [-0.4, -0.2) is 17.6 Å². The highest BCUT2D eigenvalue weighted by Crippen LogP contribution is 2.21. The molecule has 0 bridgehead atoms. The summed E-state index contributed by atoms with van der Waals surface area (Å²) in [5.41, 5.74) is -0.376. The summed E-state index contributed by atoms with van der Waals surface area (Å²) >= 11 is 5.87. The molecule has 2 N–H and O–H groups in total. The summed E-state index contributed by atoms with van der Waals surface area (Å²) < 4.78 is 13.4. The van der Waals surface area contributed by atoms with Gasteiger partial charge >= 0.3 is 5.97 Å². The summed E-state index contributed by atoms with van der Waals surface area (Å²) in [7, 11) is 0. The number of aliphatic carboxylic acids is 1. The SMILES string of the molecule is CC(C)(CCNCc1c(F)cccc1Cl)C(=O)O. The Morgan fingerprint density at radius 3 is 2.72 bits per heavy atom. The molecule has 0 fully saturated rings. The molecule has 0 heterocycles. The Morgan fingerprint density at radius 1 is 1.50 bits per heavy atom. The zero-order valence-corrected chi connectivity index (χ0v) is 11.2. The van der Waals surface area contributed by atoms with Crippen LogP contribution in [0.3, 0.4) is 0 Å². The van der Waals surface area contributed by atoms with E-state index in [0.29, 0.717) is 30.1 Å². The monoisotopic (exact) mass is 273 g/mol. The zero-order chi connectivity index (χ0) is 13.8. The Balaban J connectivity index is 2.46. The van der Waals surface area contributed by atoms with Crippen LogP contribution in [0.25, 0.3) is 0 Å². The average Bonchev–Trinajstić information content (AvgIpc) is 2.27. The highest BCUT2D eigenvalue weighted by molar-refractivity contribution is 6.31. The fourth-order valence-electron chi connectivity index (χ4n) is 1.42. The number of hydrogen-bond donors (Lipinski definition) is 2. The van der Waals surface area contributed by atoms with Gasteiger partial charge < -0.3 is 10.4 Å². The molecule has 0 saturated heterocycles. The van der Waals surface area contributed by atoms with Gasteiger partial charge in [0.25, 0.3) is 0 Å². The van der Waals surface area contributed by atoms with Gasteiger partial charge in [-0.3, -0.25) is 4.79 Å². The van der Waals surface area contributed by atoms with Gasteiger partial charge in [-0.25, -0.2) is 4.39 Å².